The lowest BCUT2D eigenvalue weighted by atomic mass is 10.0. The average molecular weight is 504 g/mol. The number of aromatic nitrogens is 1. The zero-order valence-corrected chi connectivity index (χ0v) is 18.2. The number of nitrogens with two attached hydrogens (primary N) is 1. The summed E-state index contributed by atoms with van der Waals surface area (Å²) in [6.45, 7) is 1.44. The highest BCUT2D eigenvalue weighted by Crippen LogP contribution is 2.42. The summed E-state index contributed by atoms with van der Waals surface area (Å²) in [6.07, 6.45) is -2.60. The number of hydrogen-bond donors (Lipinski definition) is 2. The molecule has 0 spiro atoms. The van der Waals surface area contributed by atoms with Crippen LogP contribution < -0.4 is 21.4 Å². The second-order valence-corrected chi connectivity index (χ2v) is 8.50. The molecule has 1 amide bonds. The highest BCUT2D eigenvalue weighted by Gasteiger charge is 2.41. The maximum absolute atomic E-state index is 15.5. The normalized spacial score (nSPS) is 18.1. The van der Waals surface area contributed by atoms with Crippen LogP contribution in [0.1, 0.15) is 41.2 Å². The molecule has 35 heavy (non-hydrogen) atoms. The van der Waals surface area contributed by atoms with Crippen molar-refractivity contribution in [3.8, 4) is 0 Å². The maximum Gasteiger partial charge on any atom is 0.798 e. The molecular weight excluding hydrogens is 485 g/mol. The number of alkyl halides is 3. The lowest BCUT2D eigenvalue weighted by Crippen LogP contribution is -2.44. The van der Waals surface area contributed by atoms with E-state index in [2.05, 4.69) is 4.65 Å². The number of nitrogens with one attached hydrogen (secondary N) is 1. The molecule has 1 aromatic heterocycles. The van der Waals surface area contributed by atoms with Crippen LogP contribution in [0.3, 0.4) is 0 Å². The number of pyridine rings is 1. The minimum Gasteiger partial charge on any atom is -0.474 e. The Morgan fingerprint density at radius 1 is 1.23 bits per heavy atom. The molecule has 1 atom stereocenters. The Bertz CT molecular complexity index is 1280. The number of rotatable bonds is 5. The van der Waals surface area contributed by atoms with Gasteiger partial charge in [0.05, 0.1) is 22.3 Å². The van der Waals surface area contributed by atoms with Gasteiger partial charge in [-0.1, -0.05) is 0 Å². The van der Waals surface area contributed by atoms with E-state index in [1.54, 1.807) is 0 Å². The Labute approximate surface area is 194 Å². The molecule has 1 aromatic carbocycles. The number of fused-ring (bicyclic) bond motifs is 1. The van der Waals surface area contributed by atoms with Crippen LogP contribution in [-0.4, -0.2) is 49.2 Å². The van der Waals surface area contributed by atoms with Crippen LogP contribution in [0.15, 0.2) is 11.0 Å². The molecule has 2 aliphatic rings. The topological polar surface area (TPSA) is 107 Å². The summed E-state index contributed by atoms with van der Waals surface area (Å²) in [5.41, 5.74) is 3.88. The molecule has 8 nitrogen and oxygen atoms in total. The number of nitrogen functional groups attached to an aromatic ring is 1. The number of carbonyl (C=O) groups excluding carboxylic acids is 2. The predicted octanol–water partition coefficient (Wildman–Crippen LogP) is 2.70. The molecule has 1 saturated heterocycles. The third-order valence-electron chi connectivity index (χ3n) is 6.11. The summed E-state index contributed by atoms with van der Waals surface area (Å²) < 4.78 is 83.7. The number of amides is 1. The Morgan fingerprint density at radius 3 is 2.46 bits per heavy atom. The van der Waals surface area contributed by atoms with E-state index >= 15 is 4.39 Å². The van der Waals surface area contributed by atoms with Crippen LogP contribution in [0.4, 0.5) is 37.6 Å². The standard InChI is InChI=1S/C20H19BF6N4O4/c1-8-15-12(17(32)11(18(33)35-21(26)27)7-31(15)10-2-3-10)14(28)13(22)16(8)30-5-4-9(6-30)29-19(34)20(23,24)25/h7,9-10H,2-6,28H2,1H3,(H,29,34)/t9-/m0/s1. The third-order valence-corrected chi connectivity index (χ3v) is 6.11. The van der Waals surface area contributed by atoms with Crippen molar-refractivity contribution in [2.45, 2.75) is 44.4 Å². The SMILES string of the molecule is Cc1c(N2CC[C@H](NC(=O)C(F)(F)F)C2)c(F)c(N)c2c(=O)c(C(=O)OB(F)F)cn(C3CC3)c12. The van der Waals surface area contributed by atoms with Crippen LogP contribution in [0.2, 0.25) is 0 Å². The molecule has 15 heteroatoms. The fourth-order valence-corrected chi connectivity index (χ4v) is 4.43. The van der Waals surface area contributed by atoms with Gasteiger partial charge in [0, 0.05) is 31.4 Å². The summed E-state index contributed by atoms with van der Waals surface area (Å²) in [5, 5.41) is 1.49. The highest BCUT2D eigenvalue weighted by atomic mass is 19.4. The van der Waals surface area contributed by atoms with Crippen LogP contribution >= 0.6 is 0 Å². The summed E-state index contributed by atoms with van der Waals surface area (Å²) in [6, 6.07) is -1.11. The molecule has 188 valence electrons. The molecule has 2 fully saturated rings. The Morgan fingerprint density at radius 2 is 1.89 bits per heavy atom. The number of aryl methyl sites for hydroxylation is 1. The summed E-state index contributed by atoms with van der Waals surface area (Å²) in [5.74, 6) is -4.73. The van der Waals surface area contributed by atoms with Gasteiger partial charge in [-0.05, 0) is 31.7 Å². The van der Waals surface area contributed by atoms with Crippen LogP contribution in [0.5, 0.6) is 0 Å². The summed E-state index contributed by atoms with van der Waals surface area (Å²) in [4.78, 5) is 37.8. The number of carbonyl (C=O) groups is 2. The van der Waals surface area contributed by atoms with Gasteiger partial charge in [-0.15, -0.1) is 0 Å². The first-order valence-corrected chi connectivity index (χ1v) is 10.6. The molecule has 2 aromatic rings. The van der Waals surface area contributed by atoms with Gasteiger partial charge in [0.1, 0.15) is 5.56 Å². The number of halogens is 6. The van der Waals surface area contributed by atoms with E-state index in [9.17, 15) is 36.2 Å². The minimum atomic E-state index is -5.06. The van der Waals surface area contributed by atoms with Crippen LogP contribution in [0.25, 0.3) is 10.9 Å². The van der Waals surface area contributed by atoms with Gasteiger partial charge in [0.25, 0.3) is 0 Å². The smallest absolute Gasteiger partial charge is 0.474 e. The lowest BCUT2D eigenvalue weighted by Gasteiger charge is -2.26. The maximum atomic E-state index is 15.5. The van der Waals surface area contributed by atoms with E-state index in [-0.39, 0.29) is 47.7 Å². The number of hydrogen-bond acceptors (Lipinski definition) is 6. The average Bonchev–Trinajstić information content (AvgIpc) is 3.50. The molecular formula is C20H19BF6N4O4. The van der Waals surface area contributed by atoms with E-state index in [1.807, 2.05) is 5.32 Å². The van der Waals surface area contributed by atoms with Gasteiger partial charge >= 0.3 is 25.5 Å². The zero-order chi connectivity index (χ0) is 25.8. The van der Waals surface area contributed by atoms with Crippen molar-refractivity contribution in [1.29, 1.82) is 0 Å². The molecule has 1 aliphatic carbocycles. The fraction of sp³-hybridized carbons (Fsp3) is 0.450. The van der Waals surface area contributed by atoms with Gasteiger partial charge in [-0.25, -0.2) is 17.8 Å². The molecule has 3 N–H and O–H groups in total. The Balaban J connectivity index is 1.81. The molecule has 2 heterocycles. The predicted molar refractivity (Wildman–Crippen MR) is 114 cm³/mol. The summed E-state index contributed by atoms with van der Waals surface area (Å²) >= 11 is 0. The van der Waals surface area contributed by atoms with Crippen LogP contribution in [-0.2, 0) is 9.45 Å². The van der Waals surface area contributed by atoms with Gasteiger partial charge < -0.3 is 25.2 Å². The molecule has 1 saturated carbocycles. The third kappa shape index (κ3) is 4.50. The van der Waals surface area contributed by atoms with Crippen molar-refractivity contribution < 1.29 is 40.4 Å². The summed E-state index contributed by atoms with van der Waals surface area (Å²) in [7, 11) is -3.47. The second kappa shape index (κ2) is 8.68. The quantitative estimate of drug-likeness (QED) is 0.369. The number of anilines is 2. The lowest BCUT2D eigenvalue weighted by molar-refractivity contribution is -0.174. The first-order chi connectivity index (χ1) is 16.3. The van der Waals surface area contributed by atoms with E-state index in [4.69, 9.17) is 5.73 Å². The minimum absolute atomic E-state index is 0.0598. The molecule has 1 aliphatic heterocycles. The van der Waals surface area contributed by atoms with Gasteiger partial charge in [0.15, 0.2) is 5.82 Å². The first-order valence-electron chi connectivity index (χ1n) is 10.6. The zero-order valence-electron chi connectivity index (χ0n) is 18.2. The van der Waals surface area contributed by atoms with Gasteiger partial charge in [-0.2, -0.15) is 13.2 Å². The van der Waals surface area contributed by atoms with Crippen LogP contribution in [0, 0.1) is 12.7 Å². The van der Waals surface area contributed by atoms with Gasteiger partial charge in [0.2, 0.25) is 5.43 Å². The highest BCUT2D eigenvalue weighted by molar-refractivity contribution is 6.38. The van der Waals surface area contributed by atoms with Crippen molar-refractivity contribution in [1.82, 2.24) is 9.88 Å². The van der Waals surface area contributed by atoms with E-state index in [1.165, 1.54) is 16.4 Å². The van der Waals surface area contributed by atoms with Crippen molar-refractivity contribution in [3.05, 3.63) is 33.4 Å². The monoisotopic (exact) mass is 504 g/mol. The van der Waals surface area contributed by atoms with Crippen molar-refractivity contribution in [2.24, 2.45) is 0 Å². The van der Waals surface area contributed by atoms with E-state index in [0.29, 0.717) is 12.8 Å². The molecule has 4 rings (SSSR count). The Kier molecular flexibility index (Phi) is 6.13. The number of benzene rings is 1. The van der Waals surface area contributed by atoms with E-state index < -0.39 is 54.1 Å². The largest absolute Gasteiger partial charge is 0.798 e. The molecule has 0 radical (unpaired) electrons. The second-order valence-electron chi connectivity index (χ2n) is 8.50. The van der Waals surface area contributed by atoms with Crippen molar-refractivity contribution >= 4 is 41.6 Å². The van der Waals surface area contributed by atoms with Gasteiger partial charge in [-0.3, -0.25) is 9.59 Å². The van der Waals surface area contributed by atoms with Crippen molar-refractivity contribution in [2.75, 3.05) is 23.7 Å². The first kappa shape index (κ1) is 24.7. The van der Waals surface area contributed by atoms with E-state index in [0.717, 1.165) is 6.20 Å². The fourth-order valence-electron chi connectivity index (χ4n) is 4.43. The Hall–Kier alpha value is -3.39. The molecule has 0 unspecified atom stereocenters. The number of nitrogens with zero attached hydrogens (tertiary/aromatic N) is 2. The van der Waals surface area contributed by atoms with Crippen molar-refractivity contribution in [3.63, 3.8) is 0 Å². The molecule has 0 bridgehead atoms.